The molecule has 0 saturated heterocycles. The second kappa shape index (κ2) is 9.47. The first-order valence-electron chi connectivity index (χ1n) is 9.17. The number of hydrogen-bond donors (Lipinski definition) is 0. The molecular formula is C23H19NO6. The Morgan fingerprint density at radius 3 is 2.20 bits per heavy atom. The Balaban J connectivity index is 1.80. The lowest BCUT2D eigenvalue weighted by molar-refractivity contribution is -0.384. The molecule has 152 valence electrons. The van der Waals surface area contributed by atoms with Gasteiger partial charge in [-0.25, -0.2) is 4.79 Å². The summed E-state index contributed by atoms with van der Waals surface area (Å²) < 4.78 is 10.9. The van der Waals surface area contributed by atoms with Crippen LogP contribution >= 0.6 is 0 Å². The summed E-state index contributed by atoms with van der Waals surface area (Å²) in [5.41, 5.74) is 1.42. The van der Waals surface area contributed by atoms with Crippen LogP contribution in [-0.4, -0.2) is 23.3 Å². The lowest BCUT2D eigenvalue weighted by Gasteiger charge is -2.18. The van der Waals surface area contributed by atoms with Gasteiger partial charge in [-0.05, 0) is 30.7 Å². The average molecular weight is 405 g/mol. The molecule has 0 heterocycles. The SMILES string of the molecule is Cc1ccccc1OCC(=O)O[C@@H](C(=O)c1ccccc1)c1ccc([N+](=O)[O-])cc1. The van der Waals surface area contributed by atoms with E-state index in [9.17, 15) is 19.7 Å². The number of Topliss-reactive ketones (excluding diaryl/α,β-unsaturated/α-hetero) is 1. The van der Waals surface area contributed by atoms with Crippen LogP contribution in [0.15, 0.2) is 78.9 Å². The fraction of sp³-hybridized carbons (Fsp3) is 0.130. The van der Waals surface area contributed by atoms with E-state index in [1.54, 1.807) is 42.5 Å². The highest BCUT2D eigenvalue weighted by Crippen LogP contribution is 2.25. The summed E-state index contributed by atoms with van der Waals surface area (Å²) in [5, 5.41) is 10.9. The number of nitro benzene ring substituents is 1. The summed E-state index contributed by atoms with van der Waals surface area (Å²) in [5.74, 6) is -0.629. The normalized spacial score (nSPS) is 11.4. The number of carbonyl (C=O) groups is 2. The van der Waals surface area contributed by atoms with E-state index in [1.807, 2.05) is 19.1 Å². The molecule has 0 aromatic heterocycles. The lowest BCUT2D eigenvalue weighted by atomic mass is 9.99. The first-order valence-corrected chi connectivity index (χ1v) is 9.17. The molecule has 0 aliphatic heterocycles. The minimum atomic E-state index is -1.25. The fourth-order valence-corrected chi connectivity index (χ4v) is 2.82. The van der Waals surface area contributed by atoms with Crippen molar-refractivity contribution in [3.05, 3.63) is 106 Å². The van der Waals surface area contributed by atoms with Crippen LogP contribution < -0.4 is 4.74 Å². The highest BCUT2D eigenvalue weighted by Gasteiger charge is 2.27. The third-order valence-electron chi connectivity index (χ3n) is 4.39. The molecule has 3 rings (SSSR count). The zero-order valence-electron chi connectivity index (χ0n) is 16.2. The molecule has 7 nitrogen and oxygen atoms in total. The van der Waals surface area contributed by atoms with Crippen LogP contribution in [0.4, 0.5) is 5.69 Å². The van der Waals surface area contributed by atoms with Crippen molar-refractivity contribution in [3.63, 3.8) is 0 Å². The van der Waals surface area contributed by atoms with Gasteiger partial charge in [0.1, 0.15) is 5.75 Å². The van der Waals surface area contributed by atoms with E-state index in [-0.39, 0.29) is 12.3 Å². The van der Waals surface area contributed by atoms with Gasteiger partial charge in [0.15, 0.2) is 12.7 Å². The lowest BCUT2D eigenvalue weighted by Crippen LogP contribution is -2.24. The van der Waals surface area contributed by atoms with E-state index < -0.39 is 22.8 Å². The van der Waals surface area contributed by atoms with Crippen LogP contribution in [0.1, 0.15) is 27.6 Å². The topological polar surface area (TPSA) is 95.7 Å². The molecule has 0 N–H and O–H groups in total. The van der Waals surface area contributed by atoms with E-state index in [0.717, 1.165) is 5.56 Å². The van der Waals surface area contributed by atoms with E-state index >= 15 is 0 Å². The van der Waals surface area contributed by atoms with Crippen LogP contribution in [0.3, 0.4) is 0 Å². The first-order chi connectivity index (χ1) is 14.5. The van der Waals surface area contributed by atoms with Gasteiger partial charge >= 0.3 is 5.97 Å². The third-order valence-corrected chi connectivity index (χ3v) is 4.39. The molecule has 0 aliphatic carbocycles. The smallest absolute Gasteiger partial charge is 0.345 e. The molecule has 0 spiro atoms. The van der Waals surface area contributed by atoms with Crippen LogP contribution in [-0.2, 0) is 9.53 Å². The number of nitrogens with zero attached hydrogens (tertiary/aromatic N) is 1. The third kappa shape index (κ3) is 5.08. The monoisotopic (exact) mass is 405 g/mol. The zero-order chi connectivity index (χ0) is 21.5. The van der Waals surface area contributed by atoms with Gasteiger partial charge < -0.3 is 9.47 Å². The van der Waals surface area contributed by atoms with Gasteiger partial charge in [0.2, 0.25) is 5.78 Å². The van der Waals surface area contributed by atoms with E-state index in [0.29, 0.717) is 16.9 Å². The molecule has 0 aliphatic rings. The molecule has 3 aromatic carbocycles. The second-order valence-corrected chi connectivity index (χ2v) is 6.50. The highest BCUT2D eigenvalue weighted by molar-refractivity contribution is 6.01. The fourth-order valence-electron chi connectivity index (χ4n) is 2.82. The number of benzene rings is 3. The number of non-ortho nitro benzene ring substituents is 1. The van der Waals surface area contributed by atoms with Gasteiger partial charge in [0.05, 0.1) is 4.92 Å². The first kappa shape index (κ1) is 20.7. The maximum Gasteiger partial charge on any atom is 0.345 e. The molecule has 0 unspecified atom stereocenters. The van der Waals surface area contributed by atoms with Crippen LogP contribution in [0, 0.1) is 17.0 Å². The predicted octanol–water partition coefficient (Wildman–Crippen LogP) is 4.45. The summed E-state index contributed by atoms with van der Waals surface area (Å²) in [6.07, 6.45) is -1.25. The summed E-state index contributed by atoms with van der Waals surface area (Å²) in [4.78, 5) is 35.7. The number of ketones is 1. The Bertz CT molecular complexity index is 1050. The number of hydrogen-bond acceptors (Lipinski definition) is 6. The number of nitro groups is 1. The van der Waals surface area contributed by atoms with Crippen molar-refractivity contribution in [3.8, 4) is 5.75 Å². The summed E-state index contributed by atoms with van der Waals surface area (Å²) in [7, 11) is 0. The largest absolute Gasteiger partial charge is 0.482 e. The van der Waals surface area contributed by atoms with Gasteiger partial charge in [-0.1, -0.05) is 48.5 Å². The molecule has 0 radical (unpaired) electrons. The quantitative estimate of drug-likeness (QED) is 0.238. The van der Waals surface area contributed by atoms with Crippen molar-refractivity contribution in [2.24, 2.45) is 0 Å². The van der Waals surface area contributed by atoms with Gasteiger partial charge in [-0.2, -0.15) is 0 Å². The van der Waals surface area contributed by atoms with Crippen molar-refractivity contribution in [1.29, 1.82) is 0 Å². The molecule has 0 amide bonds. The van der Waals surface area contributed by atoms with Gasteiger partial charge in [-0.15, -0.1) is 0 Å². The van der Waals surface area contributed by atoms with Gasteiger partial charge in [0.25, 0.3) is 5.69 Å². The minimum absolute atomic E-state index is 0.126. The van der Waals surface area contributed by atoms with Crippen LogP contribution in [0.5, 0.6) is 5.75 Å². The van der Waals surface area contributed by atoms with Gasteiger partial charge in [0, 0.05) is 23.3 Å². The number of aryl methyl sites for hydroxylation is 1. The highest BCUT2D eigenvalue weighted by atomic mass is 16.6. The Hall–Kier alpha value is -4.00. The molecule has 30 heavy (non-hydrogen) atoms. The minimum Gasteiger partial charge on any atom is -0.482 e. The maximum atomic E-state index is 13.0. The van der Waals surface area contributed by atoms with Gasteiger partial charge in [-0.3, -0.25) is 14.9 Å². The Morgan fingerprint density at radius 1 is 0.933 bits per heavy atom. The number of esters is 1. The standard InChI is InChI=1S/C23H19NO6/c1-16-7-5-6-10-20(16)29-15-21(25)30-23(22(26)17-8-3-2-4-9-17)18-11-13-19(14-12-18)24(27)28/h2-14,23H,15H2,1H3/t23-/m1/s1. The zero-order valence-corrected chi connectivity index (χ0v) is 16.2. The maximum absolute atomic E-state index is 13.0. The van der Waals surface area contributed by atoms with Crippen LogP contribution in [0.2, 0.25) is 0 Å². The van der Waals surface area contributed by atoms with Crippen LogP contribution in [0.25, 0.3) is 0 Å². The Kier molecular flexibility index (Phi) is 6.54. The van der Waals surface area contributed by atoms with Crippen molar-refractivity contribution >= 4 is 17.4 Å². The molecule has 3 aromatic rings. The molecular weight excluding hydrogens is 386 g/mol. The Morgan fingerprint density at radius 2 is 1.57 bits per heavy atom. The van der Waals surface area contributed by atoms with E-state index in [2.05, 4.69) is 0 Å². The van der Waals surface area contributed by atoms with E-state index in [1.165, 1.54) is 24.3 Å². The van der Waals surface area contributed by atoms with Crippen molar-refractivity contribution in [1.82, 2.24) is 0 Å². The molecule has 0 bridgehead atoms. The Labute approximate surface area is 173 Å². The van der Waals surface area contributed by atoms with Crippen molar-refractivity contribution in [2.75, 3.05) is 6.61 Å². The molecule has 0 saturated carbocycles. The molecule has 0 fully saturated rings. The number of ether oxygens (including phenoxy) is 2. The predicted molar refractivity (Wildman–Crippen MR) is 109 cm³/mol. The number of para-hydroxylation sites is 1. The van der Waals surface area contributed by atoms with Crippen molar-refractivity contribution in [2.45, 2.75) is 13.0 Å². The number of rotatable bonds is 8. The number of carbonyl (C=O) groups excluding carboxylic acids is 2. The average Bonchev–Trinajstić information content (AvgIpc) is 2.77. The summed E-state index contributed by atoms with van der Waals surface area (Å²) >= 11 is 0. The summed E-state index contributed by atoms with van der Waals surface area (Å²) in [6, 6.07) is 20.9. The van der Waals surface area contributed by atoms with E-state index in [4.69, 9.17) is 9.47 Å². The second-order valence-electron chi connectivity index (χ2n) is 6.50. The van der Waals surface area contributed by atoms with Crippen molar-refractivity contribution < 1.29 is 24.0 Å². The summed E-state index contributed by atoms with van der Waals surface area (Å²) in [6.45, 7) is 1.47. The molecule has 1 atom stereocenters. The molecule has 7 heteroatoms.